The third kappa shape index (κ3) is 1.63. The van der Waals surface area contributed by atoms with Crippen LogP contribution >= 0.6 is 15.9 Å². The molecule has 0 aliphatic rings. The first kappa shape index (κ1) is 9.18. The van der Waals surface area contributed by atoms with Crippen LogP contribution in [0.2, 0.25) is 0 Å². The van der Waals surface area contributed by atoms with Crippen LogP contribution in [0.1, 0.15) is 12.1 Å². The molecule has 1 aromatic rings. The zero-order valence-corrected chi connectivity index (χ0v) is 7.48. The summed E-state index contributed by atoms with van der Waals surface area (Å²) in [7, 11) is 0. The zero-order chi connectivity index (χ0) is 9.30. The number of anilines is 2. The van der Waals surface area contributed by atoms with Gasteiger partial charge in [0.2, 0.25) is 0 Å². The van der Waals surface area contributed by atoms with Crippen LogP contribution in [-0.2, 0) is 0 Å². The molecule has 1 rings (SSSR count). The number of hydrogen-bond donors (Lipinski definition) is 2. The molecule has 0 unspecified atom stereocenters. The molecule has 66 valence electrons. The summed E-state index contributed by atoms with van der Waals surface area (Å²) in [5.74, 6) is 0. The van der Waals surface area contributed by atoms with E-state index >= 15 is 0 Å². The Hall–Kier alpha value is -0.910. The van der Waals surface area contributed by atoms with Crippen LogP contribution in [-0.4, -0.2) is 4.98 Å². The molecule has 0 fully saturated rings. The number of nitrogens with zero attached hydrogens (tertiary/aromatic N) is 1. The molecule has 0 aromatic carbocycles. The number of nitrogens with two attached hydrogens (primary N) is 2. The normalized spacial score (nSPS) is 10.7. The number of hydrogen-bond acceptors (Lipinski definition) is 3. The SMILES string of the molecule is Nc1cc(C(F)F)nc(Br)c1N. The molecular formula is C6H6BrF2N3. The highest BCUT2D eigenvalue weighted by molar-refractivity contribution is 9.10. The van der Waals surface area contributed by atoms with Gasteiger partial charge in [0, 0.05) is 0 Å². The number of nitrogen functional groups attached to an aromatic ring is 2. The summed E-state index contributed by atoms with van der Waals surface area (Å²) >= 11 is 2.92. The third-order valence-electron chi connectivity index (χ3n) is 1.29. The first-order valence-electron chi connectivity index (χ1n) is 3.02. The minimum absolute atomic E-state index is 0.104. The highest BCUT2D eigenvalue weighted by atomic mass is 79.9. The maximum atomic E-state index is 12.1. The van der Waals surface area contributed by atoms with Crippen LogP contribution in [0.4, 0.5) is 20.2 Å². The van der Waals surface area contributed by atoms with Crippen LogP contribution < -0.4 is 11.5 Å². The van der Waals surface area contributed by atoms with Gasteiger partial charge >= 0.3 is 0 Å². The standard InChI is InChI=1S/C6H6BrF2N3/c7-5-4(11)2(10)1-3(12-5)6(8)9/h1,6H,11H2,(H2,10,12). The number of halogens is 3. The number of aromatic nitrogens is 1. The van der Waals surface area contributed by atoms with E-state index in [0.29, 0.717) is 0 Å². The van der Waals surface area contributed by atoms with Crippen molar-refractivity contribution in [2.24, 2.45) is 0 Å². The minimum atomic E-state index is -2.64. The Labute approximate surface area is 75.9 Å². The molecule has 0 bridgehead atoms. The highest BCUT2D eigenvalue weighted by Crippen LogP contribution is 2.28. The van der Waals surface area contributed by atoms with E-state index in [2.05, 4.69) is 20.9 Å². The molecule has 0 aliphatic carbocycles. The van der Waals surface area contributed by atoms with Crippen molar-refractivity contribution < 1.29 is 8.78 Å². The van der Waals surface area contributed by atoms with Crippen molar-refractivity contribution in [2.75, 3.05) is 11.5 Å². The smallest absolute Gasteiger partial charge is 0.280 e. The van der Waals surface area contributed by atoms with E-state index in [-0.39, 0.29) is 21.7 Å². The Morgan fingerprint density at radius 2 is 2.00 bits per heavy atom. The van der Waals surface area contributed by atoms with Gasteiger partial charge in [0.1, 0.15) is 10.3 Å². The molecule has 0 aliphatic heterocycles. The van der Waals surface area contributed by atoms with Gasteiger partial charge in [-0.25, -0.2) is 13.8 Å². The van der Waals surface area contributed by atoms with Gasteiger partial charge in [-0.1, -0.05) is 0 Å². The predicted molar refractivity (Wildman–Crippen MR) is 45.7 cm³/mol. The zero-order valence-electron chi connectivity index (χ0n) is 5.89. The summed E-state index contributed by atoms with van der Waals surface area (Å²) in [6.45, 7) is 0. The summed E-state index contributed by atoms with van der Waals surface area (Å²) in [6.07, 6.45) is -2.64. The molecule has 0 amide bonds. The van der Waals surface area contributed by atoms with Crippen molar-refractivity contribution in [2.45, 2.75) is 6.43 Å². The largest absolute Gasteiger partial charge is 0.397 e. The van der Waals surface area contributed by atoms with E-state index in [1.165, 1.54) is 0 Å². The quantitative estimate of drug-likeness (QED) is 0.735. The van der Waals surface area contributed by atoms with E-state index < -0.39 is 6.43 Å². The molecule has 0 spiro atoms. The van der Waals surface area contributed by atoms with Gasteiger partial charge in [-0.2, -0.15) is 0 Å². The van der Waals surface area contributed by atoms with Crippen molar-refractivity contribution in [1.29, 1.82) is 0 Å². The van der Waals surface area contributed by atoms with Gasteiger partial charge in [0.15, 0.2) is 0 Å². The second-order valence-corrected chi connectivity index (χ2v) is 2.89. The number of pyridine rings is 1. The molecule has 12 heavy (non-hydrogen) atoms. The van der Waals surface area contributed by atoms with Crippen molar-refractivity contribution in [3.63, 3.8) is 0 Å². The Bertz CT molecular complexity index is 280. The average Bonchev–Trinajstić information content (AvgIpc) is 1.99. The predicted octanol–water partition coefficient (Wildman–Crippen LogP) is 1.95. The summed E-state index contributed by atoms with van der Waals surface area (Å²) in [4.78, 5) is 3.49. The lowest BCUT2D eigenvalue weighted by molar-refractivity contribution is 0.146. The van der Waals surface area contributed by atoms with Crippen molar-refractivity contribution in [3.05, 3.63) is 16.4 Å². The van der Waals surface area contributed by atoms with E-state index in [1.807, 2.05) is 0 Å². The van der Waals surface area contributed by atoms with Crippen LogP contribution in [0.3, 0.4) is 0 Å². The van der Waals surface area contributed by atoms with Gasteiger partial charge in [0.25, 0.3) is 6.43 Å². The van der Waals surface area contributed by atoms with Crippen LogP contribution in [0.25, 0.3) is 0 Å². The van der Waals surface area contributed by atoms with Gasteiger partial charge in [-0.05, 0) is 22.0 Å². The van der Waals surface area contributed by atoms with Gasteiger partial charge in [0.05, 0.1) is 11.4 Å². The first-order chi connectivity index (χ1) is 5.52. The lowest BCUT2D eigenvalue weighted by Gasteiger charge is -2.05. The average molecular weight is 238 g/mol. The number of alkyl halides is 2. The second-order valence-electron chi connectivity index (χ2n) is 2.14. The maximum absolute atomic E-state index is 12.1. The topological polar surface area (TPSA) is 64.9 Å². The maximum Gasteiger partial charge on any atom is 0.280 e. The Balaban J connectivity index is 3.21. The molecule has 0 saturated carbocycles. The highest BCUT2D eigenvalue weighted by Gasteiger charge is 2.12. The lowest BCUT2D eigenvalue weighted by atomic mass is 10.3. The van der Waals surface area contributed by atoms with Crippen LogP contribution in [0, 0.1) is 0 Å². The molecule has 3 nitrogen and oxygen atoms in total. The summed E-state index contributed by atoms with van der Waals surface area (Å²) < 4.78 is 24.3. The second kappa shape index (κ2) is 3.22. The fourth-order valence-corrected chi connectivity index (χ4v) is 1.11. The van der Waals surface area contributed by atoms with Crippen molar-refractivity contribution >= 4 is 27.3 Å². The van der Waals surface area contributed by atoms with E-state index in [1.54, 1.807) is 0 Å². The van der Waals surface area contributed by atoms with Gasteiger partial charge in [-0.15, -0.1) is 0 Å². The molecule has 0 atom stereocenters. The molecule has 1 aromatic heterocycles. The fraction of sp³-hybridized carbons (Fsp3) is 0.167. The molecule has 0 radical (unpaired) electrons. The lowest BCUT2D eigenvalue weighted by Crippen LogP contribution is -2.01. The third-order valence-corrected chi connectivity index (χ3v) is 1.89. The van der Waals surface area contributed by atoms with Crippen LogP contribution in [0.5, 0.6) is 0 Å². The Morgan fingerprint density at radius 3 is 2.42 bits per heavy atom. The number of rotatable bonds is 1. The summed E-state index contributed by atoms with van der Waals surface area (Å²) in [5.41, 5.74) is 10.6. The van der Waals surface area contributed by atoms with E-state index in [9.17, 15) is 8.78 Å². The summed E-state index contributed by atoms with van der Waals surface area (Å²) in [5, 5.41) is 0. The Morgan fingerprint density at radius 1 is 1.42 bits per heavy atom. The van der Waals surface area contributed by atoms with Crippen molar-refractivity contribution in [1.82, 2.24) is 4.98 Å². The van der Waals surface area contributed by atoms with Crippen LogP contribution in [0.15, 0.2) is 10.7 Å². The molecular weight excluding hydrogens is 232 g/mol. The van der Waals surface area contributed by atoms with Gasteiger partial charge in [-0.3, -0.25) is 0 Å². The van der Waals surface area contributed by atoms with Crippen molar-refractivity contribution in [3.8, 4) is 0 Å². The monoisotopic (exact) mass is 237 g/mol. The first-order valence-corrected chi connectivity index (χ1v) is 3.81. The van der Waals surface area contributed by atoms with Gasteiger partial charge < -0.3 is 11.5 Å². The minimum Gasteiger partial charge on any atom is -0.397 e. The molecule has 1 heterocycles. The molecule has 0 saturated heterocycles. The fourth-order valence-electron chi connectivity index (χ4n) is 0.674. The van der Waals surface area contributed by atoms with E-state index in [4.69, 9.17) is 11.5 Å². The van der Waals surface area contributed by atoms with E-state index in [0.717, 1.165) is 6.07 Å². The molecule has 4 N–H and O–H groups in total. The summed E-state index contributed by atoms with van der Waals surface area (Å²) in [6, 6.07) is 1.06. The Kier molecular flexibility index (Phi) is 2.46. The molecule has 6 heteroatoms.